The molecular formula is C20H25N3O2. The molecule has 1 amide bonds. The molecule has 25 heavy (non-hydrogen) atoms. The van der Waals surface area contributed by atoms with Crippen molar-refractivity contribution < 1.29 is 9.53 Å². The maximum absolute atomic E-state index is 12.1. The third-order valence-corrected chi connectivity index (χ3v) is 4.30. The average Bonchev–Trinajstić information content (AvgIpc) is 2.67. The quantitative estimate of drug-likeness (QED) is 0.784. The first-order chi connectivity index (χ1) is 12.3. The highest BCUT2D eigenvalue weighted by Crippen LogP contribution is 2.15. The highest BCUT2D eigenvalue weighted by Gasteiger charge is 2.18. The van der Waals surface area contributed by atoms with Crippen molar-refractivity contribution in [2.75, 3.05) is 50.8 Å². The van der Waals surface area contributed by atoms with Gasteiger partial charge in [0.05, 0.1) is 13.1 Å². The normalized spacial score (nSPS) is 15.0. The van der Waals surface area contributed by atoms with E-state index in [4.69, 9.17) is 4.74 Å². The van der Waals surface area contributed by atoms with Crippen LogP contribution in [-0.2, 0) is 4.79 Å². The fourth-order valence-electron chi connectivity index (χ4n) is 2.94. The van der Waals surface area contributed by atoms with Crippen LogP contribution in [0, 0.1) is 0 Å². The van der Waals surface area contributed by atoms with Gasteiger partial charge in [0.25, 0.3) is 0 Å². The number of benzene rings is 2. The lowest BCUT2D eigenvalue weighted by Crippen LogP contribution is -2.49. The van der Waals surface area contributed by atoms with E-state index in [1.54, 1.807) is 0 Å². The Labute approximate surface area is 149 Å². The van der Waals surface area contributed by atoms with Crippen molar-refractivity contribution in [3.05, 3.63) is 60.7 Å². The summed E-state index contributed by atoms with van der Waals surface area (Å²) < 4.78 is 5.57. The lowest BCUT2D eigenvalue weighted by Gasteiger charge is -2.35. The lowest BCUT2D eigenvalue weighted by molar-refractivity contribution is -0.122. The van der Waals surface area contributed by atoms with Crippen molar-refractivity contribution in [2.24, 2.45) is 0 Å². The topological polar surface area (TPSA) is 44.8 Å². The Morgan fingerprint density at radius 3 is 2.24 bits per heavy atom. The molecule has 1 N–H and O–H groups in total. The van der Waals surface area contributed by atoms with E-state index in [9.17, 15) is 4.79 Å². The number of rotatable bonds is 7. The first-order valence-corrected chi connectivity index (χ1v) is 8.78. The first kappa shape index (κ1) is 17.3. The minimum atomic E-state index is 0.0600. The predicted molar refractivity (Wildman–Crippen MR) is 100 cm³/mol. The zero-order valence-electron chi connectivity index (χ0n) is 14.4. The van der Waals surface area contributed by atoms with Gasteiger partial charge in [-0.1, -0.05) is 36.4 Å². The van der Waals surface area contributed by atoms with Gasteiger partial charge in [-0.3, -0.25) is 9.69 Å². The molecule has 2 aromatic rings. The van der Waals surface area contributed by atoms with E-state index in [0.29, 0.717) is 19.7 Å². The number of anilines is 1. The lowest BCUT2D eigenvalue weighted by atomic mass is 10.2. The van der Waals surface area contributed by atoms with Gasteiger partial charge in [0.2, 0.25) is 5.91 Å². The number of piperazine rings is 1. The maximum Gasteiger partial charge on any atom is 0.234 e. The third kappa shape index (κ3) is 5.50. The van der Waals surface area contributed by atoms with Crippen LogP contribution in [0.3, 0.4) is 0 Å². The van der Waals surface area contributed by atoms with Crippen LogP contribution < -0.4 is 15.0 Å². The second-order valence-corrected chi connectivity index (χ2v) is 6.11. The van der Waals surface area contributed by atoms with Crippen molar-refractivity contribution in [3.63, 3.8) is 0 Å². The third-order valence-electron chi connectivity index (χ3n) is 4.30. The van der Waals surface area contributed by atoms with Crippen LogP contribution in [-0.4, -0.2) is 56.7 Å². The summed E-state index contributed by atoms with van der Waals surface area (Å²) in [5.74, 6) is 0.888. The smallest absolute Gasteiger partial charge is 0.234 e. The van der Waals surface area contributed by atoms with Gasteiger partial charge in [0.15, 0.2) is 0 Å². The number of nitrogens with zero attached hydrogens (tertiary/aromatic N) is 2. The molecule has 1 heterocycles. The van der Waals surface area contributed by atoms with Crippen molar-refractivity contribution in [3.8, 4) is 5.75 Å². The van der Waals surface area contributed by atoms with Crippen LogP contribution in [0.5, 0.6) is 5.75 Å². The Hall–Kier alpha value is -2.53. The number of hydrogen-bond acceptors (Lipinski definition) is 4. The van der Waals surface area contributed by atoms with Crippen LogP contribution in [0.4, 0.5) is 5.69 Å². The predicted octanol–water partition coefficient (Wildman–Crippen LogP) is 2.00. The Balaban J connectivity index is 1.31. The number of nitrogens with one attached hydrogen (secondary N) is 1. The summed E-state index contributed by atoms with van der Waals surface area (Å²) in [5, 5.41) is 2.92. The number of ether oxygens (including phenoxy) is 1. The van der Waals surface area contributed by atoms with Gasteiger partial charge in [-0.05, 0) is 24.3 Å². The average molecular weight is 339 g/mol. The van der Waals surface area contributed by atoms with E-state index in [-0.39, 0.29) is 5.91 Å². The fourth-order valence-corrected chi connectivity index (χ4v) is 2.94. The van der Waals surface area contributed by atoms with E-state index < -0.39 is 0 Å². The highest BCUT2D eigenvalue weighted by molar-refractivity contribution is 5.78. The maximum atomic E-state index is 12.1. The number of para-hydroxylation sites is 2. The molecule has 0 radical (unpaired) electrons. The van der Waals surface area contributed by atoms with Crippen LogP contribution in [0.2, 0.25) is 0 Å². The van der Waals surface area contributed by atoms with Crippen molar-refractivity contribution >= 4 is 11.6 Å². The summed E-state index contributed by atoms with van der Waals surface area (Å²) >= 11 is 0. The van der Waals surface area contributed by atoms with Crippen molar-refractivity contribution in [2.45, 2.75) is 0 Å². The van der Waals surface area contributed by atoms with Crippen LogP contribution in [0.15, 0.2) is 60.7 Å². The second-order valence-electron chi connectivity index (χ2n) is 6.11. The molecule has 1 aliphatic heterocycles. The monoisotopic (exact) mass is 339 g/mol. The zero-order chi connectivity index (χ0) is 17.3. The Morgan fingerprint density at radius 1 is 0.920 bits per heavy atom. The van der Waals surface area contributed by atoms with Crippen LogP contribution in [0.1, 0.15) is 0 Å². The number of hydrogen-bond donors (Lipinski definition) is 1. The van der Waals surface area contributed by atoms with Gasteiger partial charge >= 0.3 is 0 Å². The molecule has 0 saturated carbocycles. The summed E-state index contributed by atoms with van der Waals surface area (Å²) in [6.07, 6.45) is 0. The van der Waals surface area contributed by atoms with Gasteiger partial charge in [0, 0.05) is 31.9 Å². The second kappa shape index (κ2) is 9.08. The highest BCUT2D eigenvalue weighted by atomic mass is 16.5. The molecule has 0 bridgehead atoms. The molecule has 3 rings (SSSR count). The molecule has 0 spiro atoms. The number of carbonyl (C=O) groups is 1. The van der Waals surface area contributed by atoms with Gasteiger partial charge in [-0.15, -0.1) is 0 Å². The van der Waals surface area contributed by atoms with E-state index in [1.807, 2.05) is 36.4 Å². The van der Waals surface area contributed by atoms with Crippen LogP contribution >= 0.6 is 0 Å². The summed E-state index contributed by atoms with van der Waals surface area (Å²) in [7, 11) is 0. The molecule has 0 atom stereocenters. The molecule has 2 aromatic carbocycles. The molecule has 132 valence electrons. The van der Waals surface area contributed by atoms with E-state index in [0.717, 1.165) is 31.9 Å². The summed E-state index contributed by atoms with van der Waals surface area (Å²) in [5.41, 5.74) is 1.25. The Morgan fingerprint density at radius 2 is 1.56 bits per heavy atom. The molecule has 0 aromatic heterocycles. The first-order valence-electron chi connectivity index (χ1n) is 8.78. The SMILES string of the molecule is O=C(CN1CCN(c2ccccc2)CC1)NCCOc1ccccc1. The summed E-state index contributed by atoms with van der Waals surface area (Å²) in [6, 6.07) is 20.1. The van der Waals surface area contributed by atoms with Crippen molar-refractivity contribution in [1.29, 1.82) is 0 Å². The molecule has 1 saturated heterocycles. The van der Waals surface area contributed by atoms with Gasteiger partial charge in [-0.2, -0.15) is 0 Å². The van der Waals surface area contributed by atoms with E-state index in [1.165, 1.54) is 5.69 Å². The standard InChI is InChI=1S/C20H25N3O2/c24-20(21-11-16-25-19-9-5-2-6-10-19)17-22-12-14-23(15-13-22)18-7-3-1-4-8-18/h1-10H,11-17H2,(H,21,24). The minimum absolute atomic E-state index is 0.0600. The van der Waals surface area contributed by atoms with Gasteiger partial charge < -0.3 is 15.0 Å². The number of amides is 1. The Kier molecular flexibility index (Phi) is 6.29. The molecule has 0 unspecified atom stereocenters. The molecule has 5 nitrogen and oxygen atoms in total. The minimum Gasteiger partial charge on any atom is -0.492 e. The fraction of sp³-hybridized carbons (Fsp3) is 0.350. The molecule has 1 aliphatic rings. The van der Waals surface area contributed by atoms with Crippen LogP contribution in [0.25, 0.3) is 0 Å². The summed E-state index contributed by atoms with van der Waals surface area (Å²) in [6.45, 7) is 5.18. The number of carbonyl (C=O) groups excluding carboxylic acids is 1. The zero-order valence-corrected chi connectivity index (χ0v) is 14.4. The molecule has 1 fully saturated rings. The molecule has 5 heteroatoms. The largest absolute Gasteiger partial charge is 0.492 e. The molecule has 0 aliphatic carbocycles. The van der Waals surface area contributed by atoms with Crippen molar-refractivity contribution in [1.82, 2.24) is 10.2 Å². The van der Waals surface area contributed by atoms with Gasteiger partial charge in [-0.25, -0.2) is 0 Å². The van der Waals surface area contributed by atoms with E-state index >= 15 is 0 Å². The Bertz CT molecular complexity index is 641. The summed E-state index contributed by atoms with van der Waals surface area (Å²) in [4.78, 5) is 16.6. The van der Waals surface area contributed by atoms with Gasteiger partial charge in [0.1, 0.15) is 12.4 Å². The van der Waals surface area contributed by atoms with E-state index in [2.05, 4.69) is 39.4 Å². The molecular weight excluding hydrogens is 314 g/mol.